The molecule has 0 spiro atoms. The van der Waals surface area contributed by atoms with Crippen LogP contribution in [0, 0.1) is 12.8 Å². The van der Waals surface area contributed by atoms with Crippen molar-refractivity contribution in [3.8, 4) is 17.2 Å². The summed E-state index contributed by atoms with van der Waals surface area (Å²) in [5.41, 5.74) is 1.87. The molecule has 1 saturated heterocycles. The summed E-state index contributed by atoms with van der Waals surface area (Å²) in [6, 6.07) is 16.6. The van der Waals surface area contributed by atoms with Crippen molar-refractivity contribution < 1.29 is 19.0 Å². The number of likely N-dealkylation sites (tertiary alicyclic amines) is 1. The maximum Gasteiger partial charge on any atom is 0.353 e. The molecule has 6 rings (SSSR count). The fourth-order valence-electron chi connectivity index (χ4n) is 5.20. The van der Waals surface area contributed by atoms with Gasteiger partial charge in [-0.3, -0.25) is 9.36 Å². The van der Waals surface area contributed by atoms with E-state index in [-0.39, 0.29) is 31.2 Å². The second-order valence-electron chi connectivity index (χ2n) is 9.76. The van der Waals surface area contributed by atoms with Crippen LogP contribution in [0.4, 0.5) is 4.39 Å². The van der Waals surface area contributed by atoms with Crippen LogP contribution in [0.5, 0.6) is 11.5 Å². The molecule has 0 bridgehead atoms. The molecular weight excluding hydrogens is 531 g/mol. The molecule has 0 radical (unpaired) electrons. The lowest BCUT2D eigenvalue weighted by atomic mass is 10.0. The highest BCUT2D eigenvalue weighted by Crippen LogP contribution is 2.31. The van der Waals surface area contributed by atoms with Crippen molar-refractivity contribution in [2.45, 2.75) is 19.5 Å². The number of aliphatic hydroxyl groups excluding tert-OH is 1. The predicted octanol–water partition coefficient (Wildman–Crippen LogP) is 4.85. The molecule has 1 N–H and O–H groups in total. The van der Waals surface area contributed by atoms with E-state index < -0.39 is 17.8 Å². The lowest BCUT2D eigenvalue weighted by Crippen LogP contribution is -2.27. The zero-order valence-electron chi connectivity index (χ0n) is 21.6. The lowest BCUT2D eigenvalue weighted by molar-refractivity contribution is -0.125. The first kappa shape index (κ1) is 25.7. The van der Waals surface area contributed by atoms with Crippen molar-refractivity contribution >= 4 is 44.3 Å². The van der Waals surface area contributed by atoms with Crippen LogP contribution in [0.1, 0.15) is 12.0 Å². The van der Waals surface area contributed by atoms with E-state index in [2.05, 4.69) is 16.5 Å². The molecule has 0 aliphatic carbocycles. The van der Waals surface area contributed by atoms with E-state index in [0.717, 1.165) is 11.6 Å². The second-order valence-corrected chi connectivity index (χ2v) is 10.8. The molecule has 8 nitrogen and oxygen atoms in total. The molecule has 0 saturated carbocycles. The number of aryl methyl sites for hydroxylation is 1. The monoisotopic (exact) mass is 556 g/mol. The van der Waals surface area contributed by atoms with Gasteiger partial charge in [-0.05, 0) is 55.0 Å². The van der Waals surface area contributed by atoms with Crippen LogP contribution in [0.25, 0.3) is 32.7 Å². The molecule has 0 unspecified atom stereocenters. The maximum atomic E-state index is 14.7. The van der Waals surface area contributed by atoms with E-state index in [1.165, 1.54) is 20.8 Å². The smallest absolute Gasteiger partial charge is 0.353 e. The number of nitrogens with zero attached hydrogens (tertiary/aromatic N) is 4. The Labute approximate surface area is 232 Å². The lowest BCUT2D eigenvalue weighted by Gasteiger charge is -2.14. The summed E-state index contributed by atoms with van der Waals surface area (Å²) in [7, 11) is 0. The van der Waals surface area contributed by atoms with Crippen molar-refractivity contribution in [1.29, 1.82) is 0 Å². The zero-order chi connectivity index (χ0) is 28.0. The van der Waals surface area contributed by atoms with Gasteiger partial charge in [-0.25, -0.2) is 14.2 Å². The summed E-state index contributed by atoms with van der Waals surface area (Å²) >= 11 is 1.20. The molecular formula is C30H25FN4O4S. The Morgan fingerprint density at radius 1 is 1.20 bits per heavy atom. The molecule has 202 valence electrons. The highest BCUT2D eigenvalue weighted by atomic mass is 32.1. The number of aromatic nitrogens is 3. The van der Waals surface area contributed by atoms with Crippen LogP contribution in [0.2, 0.25) is 0 Å². The van der Waals surface area contributed by atoms with Crippen LogP contribution in [-0.4, -0.2) is 49.7 Å². The fourth-order valence-corrected chi connectivity index (χ4v) is 6.26. The Kier molecular flexibility index (Phi) is 6.55. The molecule has 3 aromatic heterocycles. The Balaban J connectivity index is 1.41. The molecule has 1 aliphatic heterocycles. The molecule has 40 heavy (non-hydrogen) atoms. The van der Waals surface area contributed by atoms with Crippen LogP contribution in [0.15, 0.2) is 78.2 Å². The van der Waals surface area contributed by atoms with Gasteiger partial charge in [-0.1, -0.05) is 24.8 Å². The van der Waals surface area contributed by atoms with Gasteiger partial charge in [0.15, 0.2) is 0 Å². The van der Waals surface area contributed by atoms with Gasteiger partial charge in [-0.15, -0.1) is 11.3 Å². The first-order chi connectivity index (χ1) is 19.3. The van der Waals surface area contributed by atoms with E-state index in [4.69, 9.17) is 4.74 Å². The van der Waals surface area contributed by atoms with Crippen molar-refractivity contribution in [2.75, 3.05) is 13.1 Å². The summed E-state index contributed by atoms with van der Waals surface area (Å²) < 4.78 is 22.6. The number of para-hydroxylation sites is 1. The highest BCUT2D eigenvalue weighted by molar-refractivity contribution is 7.17. The summed E-state index contributed by atoms with van der Waals surface area (Å²) in [6.07, 6.45) is 1.49. The first-order valence-corrected chi connectivity index (χ1v) is 13.6. The summed E-state index contributed by atoms with van der Waals surface area (Å²) in [4.78, 5) is 36.2. The molecule has 5 aromatic rings. The topological polar surface area (TPSA) is 97.6 Å². The van der Waals surface area contributed by atoms with Crippen LogP contribution in [0.3, 0.4) is 0 Å². The van der Waals surface area contributed by atoms with E-state index >= 15 is 0 Å². The molecule has 4 heterocycles. The van der Waals surface area contributed by atoms with Gasteiger partial charge >= 0.3 is 5.69 Å². The largest absolute Gasteiger partial charge is 0.511 e. The van der Waals surface area contributed by atoms with Crippen LogP contribution in [-0.2, 0) is 4.79 Å². The summed E-state index contributed by atoms with van der Waals surface area (Å²) in [6.45, 7) is 5.48. The first-order valence-electron chi connectivity index (χ1n) is 12.8. The second kappa shape index (κ2) is 10.2. The van der Waals surface area contributed by atoms with Crippen molar-refractivity contribution in [3.63, 3.8) is 0 Å². The third-order valence-electron chi connectivity index (χ3n) is 7.14. The van der Waals surface area contributed by atoms with Gasteiger partial charge < -0.3 is 14.7 Å². The number of halogens is 1. The number of hydrogen-bond donors (Lipinski definition) is 1. The highest BCUT2D eigenvalue weighted by Gasteiger charge is 2.35. The van der Waals surface area contributed by atoms with Crippen molar-refractivity contribution in [2.24, 2.45) is 5.92 Å². The number of amides is 1. The summed E-state index contributed by atoms with van der Waals surface area (Å²) in [5.74, 6) is 0.346. The summed E-state index contributed by atoms with van der Waals surface area (Å²) in [5, 5.41) is 11.7. The number of hydrogen-bond acceptors (Lipinski definition) is 7. The number of pyridine rings is 1. The number of benzene rings is 2. The molecule has 2 aromatic carbocycles. The number of rotatable bonds is 6. The Morgan fingerprint density at radius 2 is 2.00 bits per heavy atom. The van der Waals surface area contributed by atoms with Gasteiger partial charge in [-0.2, -0.15) is 4.98 Å². The third kappa shape index (κ3) is 4.50. The van der Waals surface area contributed by atoms with Crippen LogP contribution < -0.4 is 15.0 Å². The van der Waals surface area contributed by atoms with Gasteiger partial charge in [0.25, 0.3) is 0 Å². The number of aliphatic hydroxyl groups is 1. The standard InChI is InChI=1S/C30H25FN4O4S/c1-3-25(37)34-15-18(21(31)16-34)14-24(36)28-27-26-23(11-12-32-29(26)40-28)35(30(38)33-27)22-10-9-20(13-17(22)2)39-19-7-5-4-6-8-19/h3-13,18,21,36H,1,14-16H2,2H3/t18-,21-/m0/s1. The number of carbonyl (C=O) groups is 1. The Bertz CT molecular complexity index is 1880. The van der Waals surface area contributed by atoms with Crippen molar-refractivity contribution in [1.82, 2.24) is 19.4 Å². The average Bonchev–Trinajstić information content (AvgIpc) is 3.50. The van der Waals surface area contributed by atoms with E-state index in [1.54, 1.807) is 18.3 Å². The molecule has 1 fully saturated rings. The minimum absolute atomic E-state index is 0.00660. The number of alkyl halides is 1. The minimum atomic E-state index is -1.28. The number of ether oxygens (including phenoxy) is 1. The Morgan fingerprint density at radius 3 is 2.75 bits per heavy atom. The molecule has 1 aliphatic rings. The molecule has 2 atom stereocenters. The Hall–Kier alpha value is -4.57. The average molecular weight is 557 g/mol. The van der Waals surface area contributed by atoms with Crippen molar-refractivity contribution in [3.05, 3.63) is 94.0 Å². The number of carbonyl (C=O) groups excluding carboxylic acids is 1. The maximum absolute atomic E-state index is 14.7. The van der Waals surface area contributed by atoms with Gasteiger partial charge in [0.05, 0.1) is 27.7 Å². The van der Waals surface area contributed by atoms with E-state index in [9.17, 15) is 19.1 Å². The quantitative estimate of drug-likeness (QED) is 0.300. The minimum Gasteiger partial charge on any atom is -0.511 e. The van der Waals surface area contributed by atoms with Gasteiger partial charge in [0, 0.05) is 25.1 Å². The third-order valence-corrected chi connectivity index (χ3v) is 8.27. The fraction of sp³-hybridized carbons (Fsp3) is 0.200. The van der Waals surface area contributed by atoms with Crippen LogP contribution >= 0.6 is 11.3 Å². The molecule has 10 heteroatoms. The SMILES string of the molecule is C=CC(=O)N1C[C@H](CC(O)=c2sc3nccc4c3c2nc(=O)n4-c2ccc(Oc3ccccc3)cc2C)[C@@H](F)C1. The van der Waals surface area contributed by atoms with E-state index in [1.807, 2.05) is 49.4 Å². The predicted molar refractivity (Wildman–Crippen MR) is 153 cm³/mol. The number of thiophene rings is 1. The zero-order valence-corrected chi connectivity index (χ0v) is 22.4. The van der Waals surface area contributed by atoms with Gasteiger partial charge in [0.2, 0.25) is 5.91 Å². The normalized spacial score (nSPS) is 17.9. The van der Waals surface area contributed by atoms with Gasteiger partial charge in [0.1, 0.15) is 33.8 Å². The molecule has 1 amide bonds. The van der Waals surface area contributed by atoms with E-state index in [0.29, 0.717) is 43.0 Å².